The van der Waals surface area contributed by atoms with E-state index in [1.54, 1.807) is 6.07 Å². The van der Waals surface area contributed by atoms with Crippen LogP contribution in [-0.2, 0) is 14.8 Å². The lowest BCUT2D eigenvalue weighted by Gasteiger charge is -2.29. The van der Waals surface area contributed by atoms with E-state index in [1.807, 2.05) is 6.07 Å². The van der Waals surface area contributed by atoms with Crippen LogP contribution in [0.25, 0.3) is 0 Å². The van der Waals surface area contributed by atoms with Crippen molar-refractivity contribution < 1.29 is 18.3 Å². The highest BCUT2D eigenvalue weighted by Crippen LogP contribution is 2.27. The van der Waals surface area contributed by atoms with E-state index >= 15 is 0 Å². The van der Waals surface area contributed by atoms with Crippen LogP contribution in [0.5, 0.6) is 0 Å². The van der Waals surface area contributed by atoms with Gasteiger partial charge in [-0.15, -0.1) is 0 Å². The van der Waals surface area contributed by atoms with Crippen molar-refractivity contribution in [3.8, 4) is 6.07 Å². The topological polar surface area (TPSA) is 98.5 Å². The van der Waals surface area contributed by atoms with Gasteiger partial charge in [0.15, 0.2) is 0 Å². The number of hydrogen-bond donors (Lipinski definition) is 1. The normalized spacial score (nSPS) is 17.3. The Morgan fingerprint density at radius 2 is 2.00 bits per heavy atom. The summed E-state index contributed by atoms with van der Waals surface area (Å²) in [5.74, 6) is -1.40. The second-order valence-electron chi connectivity index (χ2n) is 4.77. The van der Waals surface area contributed by atoms with E-state index in [4.69, 9.17) is 10.4 Å². The zero-order chi connectivity index (χ0) is 15.6. The molecule has 0 amide bonds. The van der Waals surface area contributed by atoms with Crippen LogP contribution < -0.4 is 0 Å². The fourth-order valence-electron chi connectivity index (χ4n) is 2.28. The third-order valence-corrected chi connectivity index (χ3v) is 5.92. The molecular formula is C13H13BrN2O4S. The van der Waals surface area contributed by atoms with Crippen LogP contribution in [0.4, 0.5) is 0 Å². The van der Waals surface area contributed by atoms with E-state index in [9.17, 15) is 13.2 Å². The van der Waals surface area contributed by atoms with Crippen molar-refractivity contribution in [2.45, 2.75) is 17.7 Å². The van der Waals surface area contributed by atoms with Crippen LogP contribution in [-0.4, -0.2) is 36.9 Å². The van der Waals surface area contributed by atoms with Crippen molar-refractivity contribution in [2.24, 2.45) is 5.92 Å². The van der Waals surface area contributed by atoms with Crippen molar-refractivity contribution in [3.63, 3.8) is 0 Å². The molecule has 6 nitrogen and oxygen atoms in total. The smallest absolute Gasteiger partial charge is 0.306 e. The molecular weight excluding hydrogens is 360 g/mol. The maximum absolute atomic E-state index is 12.6. The van der Waals surface area contributed by atoms with Crippen LogP contribution in [0.3, 0.4) is 0 Å². The number of piperidine rings is 1. The Bertz CT molecular complexity index is 703. The predicted molar refractivity (Wildman–Crippen MR) is 78.0 cm³/mol. The molecule has 0 aromatic heterocycles. The van der Waals surface area contributed by atoms with Crippen LogP contribution in [0.2, 0.25) is 0 Å². The Hall–Kier alpha value is -1.43. The minimum absolute atomic E-state index is 0.0480. The van der Waals surface area contributed by atoms with E-state index < -0.39 is 21.9 Å². The fraction of sp³-hybridized carbons (Fsp3) is 0.385. The molecule has 1 aliphatic heterocycles. The Morgan fingerprint density at radius 3 is 2.52 bits per heavy atom. The van der Waals surface area contributed by atoms with Gasteiger partial charge >= 0.3 is 5.97 Å². The van der Waals surface area contributed by atoms with Gasteiger partial charge in [-0.2, -0.15) is 9.57 Å². The zero-order valence-corrected chi connectivity index (χ0v) is 13.4. The third kappa shape index (κ3) is 3.26. The van der Waals surface area contributed by atoms with Crippen molar-refractivity contribution >= 4 is 31.9 Å². The molecule has 0 unspecified atom stereocenters. The number of nitrogens with zero attached hydrogens (tertiary/aromatic N) is 2. The first-order valence-corrected chi connectivity index (χ1v) is 8.52. The molecule has 1 aromatic rings. The second-order valence-corrected chi connectivity index (χ2v) is 7.59. The van der Waals surface area contributed by atoms with E-state index in [-0.39, 0.29) is 36.4 Å². The molecule has 0 spiro atoms. The van der Waals surface area contributed by atoms with Crippen molar-refractivity contribution in [1.82, 2.24) is 4.31 Å². The molecule has 1 saturated heterocycles. The molecule has 0 atom stereocenters. The summed E-state index contributed by atoms with van der Waals surface area (Å²) >= 11 is 3.20. The number of nitriles is 1. The molecule has 1 aliphatic rings. The van der Waals surface area contributed by atoms with Gasteiger partial charge in [0, 0.05) is 17.6 Å². The maximum atomic E-state index is 12.6. The minimum atomic E-state index is -3.79. The summed E-state index contributed by atoms with van der Waals surface area (Å²) in [6, 6.07) is 6.32. The summed E-state index contributed by atoms with van der Waals surface area (Å²) in [4.78, 5) is 10.9. The number of benzene rings is 1. The number of carboxylic acid groups (broad SMARTS) is 1. The van der Waals surface area contributed by atoms with E-state index in [0.29, 0.717) is 4.47 Å². The molecule has 0 radical (unpaired) electrons. The van der Waals surface area contributed by atoms with Crippen molar-refractivity contribution in [1.29, 1.82) is 5.26 Å². The highest BCUT2D eigenvalue weighted by molar-refractivity contribution is 9.10. The third-order valence-electron chi connectivity index (χ3n) is 3.49. The van der Waals surface area contributed by atoms with Gasteiger partial charge in [-0.1, -0.05) is 15.9 Å². The Labute approximate surface area is 131 Å². The fourth-order valence-corrected chi connectivity index (χ4v) is 4.43. The lowest BCUT2D eigenvalue weighted by atomic mass is 9.99. The number of halogens is 1. The van der Waals surface area contributed by atoms with Gasteiger partial charge < -0.3 is 5.11 Å². The lowest BCUT2D eigenvalue weighted by molar-refractivity contribution is -0.142. The number of sulfonamides is 1. The van der Waals surface area contributed by atoms with Crippen LogP contribution >= 0.6 is 15.9 Å². The Kier molecular flexibility index (Phi) is 4.66. The minimum Gasteiger partial charge on any atom is -0.481 e. The van der Waals surface area contributed by atoms with Gasteiger partial charge in [-0.3, -0.25) is 4.79 Å². The largest absolute Gasteiger partial charge is 0.481 e. The van der Waals surface area contributed by atoms with E-state index in [1.165, 1.54) is 16.4 Å². The zero-order valence-electron chi connectivity index (χ0n) is 11.0. The summed E-state index contributed by atoms with van der Waals surface area (Å²) < 4.78 is 27.0. The molecule has 8 heteroatoms. The van der Waals surface area contributed by atoms with Gasteiger partial charge in [0.25, 0.3) is 0 Å². The number of hydrogen-bond acceptors (Lipinski definition) is 4. The summed E-state index contributed by atoms with van der Waals surface area (Å²) in [7, 11) is -3.79. The van der Waals surface area contributed by atoms with Gasteiger partial charge in [0.05, 0.1) is 11.5 Å². The molecule has 21 heavy (non-hydrogen) atoms. The first kappa shape index (κ1) is 15.9. The molecule has 112 valence electrons. The Morgan fingerprint density at radius 1 is 1.38 bits per heavy atom. The number of carboxylic acids is 1. The quantitative estimate of drug-likeness (QED) is 0.871. The average molecular weight is 373 g/mol. The molecule has 0 bridgehead atoms. The number of carbonyl (C=O) groups is 1. The van der Waals surface area contributed by atoms with Gasteiger partial charge in [0.1, 0.15) is 11.0 Å². The highest BCUT2D eigenvalue weighted by atomic mass is 79.9. The number of aliphatic carboxylic acids is 1. The molecule has 0 aliphatic carbocycles. The second kappa shape index (κ2) is 6.13. The van der Waals surface area contributed by atoms with E-state index in [0.717, 1.165) is 0 Å². The molecule has 1 heterocycles. The first-order chi connectivity index (χ1) is 9.86. The summed E-state index contributed by atoms with van der Waals surface area (Å²) in [6.07, 6.45) is 0.564. The summed E-state index contributed by atoms with van der Waals surface area (Å²) in [6.45, 7) is 0.299. The first-order valence-electron chi connectivity index (χ1n) is 6.29. The summed E-state index contributed by atoms with van der Waals surface area (Å²) in [5, 5.41) is 18.0. The van der Waals surface area contributed by atoms with Gasteiger partial charge in [-0.25, -0.2) is 8.42 Å². The van der Waals surface area contributed by atoms with Gasteiger partial charge in [0.2, 0.25) is 10.0 Å². The molecule has 1 fully saturated rings. The number of rotatable bonds is 3. The SMILES string of the molecule is N#Cc1ccc(Br)cc1S(=O)(=O)N1CCC(C(=O)O)CC1. The van der Waals surface area contributed by atoms with Crippen LogP contribution in [0.1, 0.15) is 18.4 Å². The van der Waals surface area contributed by atoms with Crippen molar-refractivity contribution in [3.05, 3.63) is 28.2 Å². The lowest BCUT2D eigenvalue weighted by Crippen LogP contribution is -2.40. The van der Waals surface area contributed by atoms with Crippen LogP contribution in [0.15, 0.2) is 27.6 Å². The highest BCUT2D eigenvalue weighted by Gasteiger charge is 2.33. The molecule has 1 aromatic carbocycles. The van der Waals surface area contributed by atoms with Crippen molar-refractivity contribution in [2.75, 3.05) is 13.1 Å². The molecule has 2 rings (SSSR count). The monoisotopic (exact) mass is 372 g/mol. The standard InChI is InChI=1S/C13H13BrN2O4S/c14-11-2-1-10(8-15)12(7-11)21(19,20)16-5-3-9(4-6-16)13(17)18/h1-2,7,9H,3-6H2,(H,17,18). The maximum Gasteiger partial charge on any atom is 0.306 e. The average Bonchev–Trinajstić information content (AvgIpc) is 2.47. The van der Waals surface area contributed by atoms with Gasteiger partial charge in [-0.05, 0) is 31.0 Å². The summed E-state index contributed by atoms with van der Waals surface area (Å²) in [5.41, 5.74) is 0.0820. The molecule has 0 saturated carbocycles. The Balaban J connectivity index is 2.30. The van der Waals surface area contributed by atoms with Crippen LogP contribution in [0, 0.1) is 17.2 Å². The molecule has 1 N–H and O–H groups in total. The van der Waals surface area contributed by atoms with E-state index in [2.05, 4.69) is 15.9 Å². The predicted octanol–water partition coefficient (Wildman–Crippen LogP) is 1.81.